The van der Waals surface area contributed by atoms with Crippen LogP contribution in [0.1, 0.15) is 11.3 Å². The molecular weight excluding hydrogens is 344 g/mol. The largest absolute Gasteiger partial charge is 0.370 e. The number of aromatic nitrogens is 3. The van der Waals surface area contributed by atoms with Gasteiger partial charge in [-0.1, -0.05) is 23.2 Å². The number of hydrogen-bond donors (Lipinski definition) is 0. The van der Waals surface area contributed by atoms with E-state index in [0.29, 0.717) is 16.9 Å². The van der Waals surface area contributed by atoms with Gasteiger partial charge in [0.15, 0.2) is 5.82 Å². The first-order valence-electron chi connectivity index (χ1n) is 6.69. The quantitative estimate of drug-likeness (QED) is 0.631. The second-order valence-electron chi connectivity index (χ2n) is 5.06. The fourth-order valence-electron chi connectivity index (χ4n) is 2.58. The van der Waals surface area contributed by atoms with Crippen molar-refractivity contribution in [3.63, 3.8) is 0 Å². The molecule has 0 aliphatic carbocycles. The maximum Gasteiger partial charge on any atom is 0.265 e. The zero-order valence-electron chi connectivity index (χ0n) is 11.5. The number of fused-ring (bicyclic) bond motifs is 2. The van der Waals surface area contributed by atoms with Gasteiger partial charge < -0.3 is 4.74 Å². The van der Waals surface area contributed by atoms with Crippen LogP contribution in [0.5, 0.6) is 0 Å². The Hall–Kier alpha value is -2.02. The lowest BCUT2D eigenvalue weighted by Gasteiger charge is -2.10. The highest BCUT2D eigenvalue weighted by atomic mass is 35.5. The SMILES string of the molecule is O=c1c2c(nc3cc(Cl)nc(-c4ccc(Cl)cc4F)n13)COC2. The van der Waals surface area contributed by atoms with Crippen LogP contribution in [0.3, 0.4) is 0 Å². The number of rotatable bonds is 1. The lowest BCUT2D eigenvalue weighted by molar-refractivity contribution is 0.133. The van der Waals surface area contributed by atoms with E-state index in [1.54, 1.807) is 0 Å². The van der Waals surface area contributed by atoms with Crippen molar-refractivity contribution in [2.45, 2.75) is 13.2 Å². The summed E-state index contributed by atoms with van der Waals surface area (Å²) in [7, 11) is 0. The van der Waals surface area contributed by atoms with Crippen LogP contribution in [0.15, 0.2) is 29.1 Å². The van der Waals surface area contributed by atoms with E-state index in [2.05, 4.69) is 9.97 Å². The molecule has 8 heteroatoms. The third-order valence-corrected chi connectivity index (χ3v) is 4.05. The fraction of sp³-hybridized carbons (Fsp3) is 0.133. The molecule has 0 spiro atoms. The minimum atomic E-state index is -0.600. The molecule has 0 fully saturated rings. The summed E-state index contributed by atoms with van der Waals surface area (Å²) in [6.07, 6.45) is 0. The van der Waals surface area contributed by atoms with Crippen molar-refractivity contribution < 1.29 is 9.13 Å². The maximum absolute atomic E-state index is 14.3. The van der Waals surface area contributed by atoms with Gasteiger partial charge in [-0.15, -0.1) is 0 Å². The number of hydrogen-bond acceptors (Lipinski definition) is 4. The third kappa shape index (κ3) is 2.30. The van der Waals surface area contributed by atoms with Gasteiger partial charge in [0.1, 0.15) is 16.6 Å². The normalized spacial score (nSPS) is 13.5. The lowest BCUT2D eigenvalue weighted by Crippen LogP contribution is -2.22. The van der Waals surface area contributed by atoms with Crippen molar-refractivity contribution in [1.29, 1.82) is 0 Å². The van der Waals surface area contributed by atoms with Crippen LogP contribution in [-0.2, 0) is 18.0 Å². The first-order chi connectivity index (χ1) is 11.0. The Kier molecular flexibility index (Phi) is 3.33. The summed E-state index contributed by atoms with van der Waals surface area (Å²) in [5.41, 5.74) is 1.09. The van der Waals surface area contributed by atoms with E-state index in [0.717, 1.165) is 6.07 Å². The molecule has 0 saturated heterocycles. The average Bonchev–Trinajstić information content (AvgIpc) is 2.95. The molecule has 3 heterocycles. The van der Waals surface area contributed by atoms with Crippen LogP contribution in [-0.4, -0.2) is 14.4 Å². The van der Waals surface area contributed by atoms with E-state index in [1.165, 1.54) is 22.6 Å². The van der Waals surface area contributed by atoms with E-state index >= 15 is 0 Å². The first-order valence-corrected chi connectivity index (χ1v) is 7.44. The smallest absolute Gasteiger partial charge is 0.265 e. The summed E-state index contributed by atoms with van der Waals surface area (Å²) in [5.74, 6) is -0.522. The summed E-state index contributed by atoms with van der Waals surface area (Å²) >= 11 is 11.8. The van der Waals surface area contributed by atoms with Crippen molar-refractivity contribution in [1.82, 2.24) is 14.4 Å². The van der Waals surface area contributed by atoms with Gasteiger partial charge >= 0.3 is 0 Å². The van der Waals surface area contributed by atoms with Crippen LogP contribution < -0.4 is 5.56 Å². The Balaban J connectivity index is 2.12. The molecular formula is C15H8Cl2FN3O2. The van der Waals surface area contributed by atoms with Crippen molar-refractivity contribution in [3.8, 4) is 11.4 Å². The van der Waals surface area contributed by atoms with Gasteiger partial charge in [-0.05, 0) is 18.2 Å². The van der Waals surface area contributed by atoms with Crippen LogP contribution in [0, 0.1) is 5.82 Å². The zero-order chi connectivity index (χ0) is 16.1. The maximum atomic E-state index is 14.3. The summed E-state index contributed by atoms with van der Waals surface area (Å²) in [6, 6.07) is 5.58. The fourth-order valence-corrected chi connectivity index (χ4v) is 2.91. The summed E-state index contributed by atoms with van der Waals surface area (Å²) in [6.45, 7) is 0.445. The Morgan fingerprint density at radius 3 is 2.78 bits per heavy atom. The molecule has 2 aromatic heterocycles. The summed E-state index contributed by atoms with van der Waals surface area (Å²) in [5, 5.41) is 0.359. The highest BCUT2D eigenvalue weighted by Gasteiger charge is 2.22. The molecule has 1 aromatic carbocycles. The van der Waals surface area contributed by atoms with E-state index < -0.39 is 5.82 Å². The predicted molar refractivity (Wildman–Crippen MR) is 83.2 cm³/mol. The van der Waals surface area contributed by atoms with Crippen LogP contribution in [0.4, 0.5) is 4.39 Å². The Labute approximate surface area is 139 Å². The molecule has 1 aliphatic rings. The minimum absolute atomic E-state index is 0.0777. The minimum Gasteiger partial charge on any atom is -0.370 e. The standard InChI is InChI=1S/C15H8Cl2FN3O2/c16-7-1-2-8(10(18)3-7)14-20-12(17)4-13-19-11-6-23-5-9(11)15(22)21(13)14/h1-4H,5-6H2. The molecule has 0 radical (unpaired) electrons. The van der Waals surface area contributed by atoms with Crippen molar-refractivity contribution in [2.24, 2.45) is 0 Å². The Bertz CT molecular complexity index is 1020. The van der Waals surface area contributed by atoms with Gasteiger partial charge in [-0.25, -0.2) is 18.8 Å². The van der Waals surface area contributed by atoms with Crippen LogP contribution in [0.25, 0.3) is 17.0 Å². The summed E-state index contributed by atoms with van der Waals surface area (Å²) in [4.78, 5) is 21.2. The number of halogens is 3. The number of ether oxygens (including phenoxy) is 1. The van der Waals surface area contributed by atoms with Crippen molar-refractivity contribution >= 4 is 28.8 Å². The molecule has 0 amide bonds. The molecule has 0 saturated carbocycles. The highest BCUT2D eigenvalue weighted by molar-refractivity contribution is 6.30. The molecule has 1 aliphatic heterocycles. The van der Waals surface area contributed by atoms with Gasteiger partial charge in [0.05, 0.1) is 30.0 Å². The molecule has 23 heavy (non-hydrogen) atoms. The molecule has 0 unspecified atom stereocenters. The Morgan fingerprint density at radius 2 is 2.00 bits per heavy atom. The summed E-state index contributed by atoms with van der Waals surface area (Å²) < 4.78 is 20.8. The average molecular weight is 352 g/mol. The zero-order valence-corrected chi connectivity index (χ0v) is 13.0. The molecule has 0 bridgehead atoms. The van der Waals surface area contributed by atoms with Gasteiger partial charge in [-0.2, -0.15) is 0 Å². The van der Waals surface area contributed by atoms with Crippen LogP contribution >= 0.6 is 23.2 Å². The second kappa shape index (κ2) is 5.26. The van der Waals surface area contributed by atoms with E-state index in [4.69, 9.17) is 27.9 Å². The molecule has 5 nitrogen and oxygen atoms in total. The van der Waals surface area contributed by atoms with Crippen LogP contribution in [0.2, 0.25) is 10.2 Å². The van der Waals surface area contributed by atoms with E-state index in [-0.39, 0.29) is 40.3 Å². The van der Waals surface area contributed by atoms with Gasteiger partial charge in [0.25, 0.3) is 5.56 Å². The molecule has 0 N–H and O–H groups in total. The first kappa shape index (κ1) is 14.6. The van der Waals surface area contributed by atoms with Gasteiger partial charge in [-0.3, -0.25) is 4.79 Å². The van der Waals surface area contributed by atoms with E-state index in [1.807, 2.05) is 0 Å². The highest BCUT2D eigenvalue weighted by Crippen LogP contribution is 2.26. The van der Waals surface area contributed by atoms with Crippen molar-refractivity contribution in [2.75, 3.05) is 0 Å². The molecule has 116 valence electrons. The third-order valence-electron chi connectivity index (χ3n) is 3.62. The molecule has 0 atom stereocenters. The lowest BCUT2D eigenvalue weighted by atomic mass is 10.2. The monoisotopic (exact) mass is 351 g/mol. The van der Waals surface area contributed by atoms with Gasteiger partial charge in [0, 0.05) is 11.1 Å². The van der Waals surface area contributed by atoms with Crippen molar-refractivity contribution in [3.05, 3.63) is 61.9 Å². The predicted octanol–water partition coefficient (Wildman–Crippen LogP) is 3.23. The number of benzene rings is 1. The molecule has 4 rings (SSSR count). The van der Waals surface area contributed by atoms with E-state index in [9.17, 15) is 9.18 Å². The second-order valence-corrected chi connectivity index (χ2v) is 5.88. The topological polar surface area (TPSA) is 56.5 Å². The van der Waals surface area contributed by atoms with Gasteiger partial charge in [0.2, 0.25) is 0 Å². The molecule has 3 aromatic rings. The number of nitrogens with zero attached hydrogens (tertiary/aromatic N) is 3. The Morgan fingerprint density at radius 1 is 1.17 bits per heavy atom.